The Hall–Kier alpha value is -2.11. The molecule has 5 nitrogen and oxygen atoms in total. The number of benzene rings is 1. The van der Waals surface area contributed by atoms with Crippen molar-refractivity contribution in [2.75, 3.05) is 5.32 Å². The molecule has 0 saturated carbocycles. The third kappa shape index (κ3) is 3.73. The Morgan fingerprint density at radius 3 is 2.56 bits per heavy atom. The molecule has 6 heteroatoms. The number of amides is 1. The number of anilines is 1. The monoisotopic (exact) mass is 255 g/mol. The number of carbonyl (C=O) groups is 2. The Bertz CT molecular complexity index is 480. The lowest BCUT2D eigenvalue weighted by Crippen LogP contribution is -2.27. The number of ether oxygens (including phenoxy) is 1. The van der Waals surface area contributed by atoms with Crippen LogP contribution in [0, 0.1) is 5.82 Å². The minimum absolute atomic E-state index is 0.0900. The number of nitrogens with one attached hydrogen (secondary N) is 1. The van der Waals surface area contributed by atoms with E-state index in [-0.39, 0.29) is 17.5 Å². The number of phenols is 1. The molecule has 0 aliphatic carbocycles. The summed E-state index contributed by atoms with van der Waals surface area (Å²) >= 11 is 0. The fourth-order valence-electron chi connectivity index (χ4n) is 1.18. The molecule has 0 heterocycles. The van der Waals surface area contributed by atoms with Crippen molar-refractivity contribution >= 4 is 18.1 Å². The van der Waals surface area contributed by atoms with Crippen LogP contribution in [-0.4, -0.2) is 23.1 Å². The molecule has 0 spiro atoms. The molecule has 1 aromatic carbocycles. The number of phenolic OH excluding ortho intramolecular Hbond substituents is 1. The quantitative estimate of drug-likeness (QED) is 0.629. The van der Waals surface area contributed by atoms with E-state index in [1.54, 1.807) is 20.8 Å². The minimum atomic E-state index is -0.864. The van der Waals surface area contributed by atoms with Gasteiger partial charge in [-0.15, -0.1) is 0 Å². The average Bonchev–Trinajstić information content (AvgIpc) is 2.19. The van der Waals surface area contributed by atoms with Crippen LogP contribution in [0.1, 0.15) is 31.1 Å². The van der Waals surface area contributed by atoms with Gasteiger partial charge in [0.05, 0.1) is 11.3 Å². The molecule has 1 amide bonds. The van der Waals surface area contributed by atoms with Crippen LogP contribution in [0.5, 0.6) is 5.75 Å². The van der Waals surface area contributed by atoms with Crippen molar-refractivity contribution in [3.63, 3.8) is 0 Å². The van der Waals surface area contributed by atoms with Gasteiger partial charge in [-0.25, -0.2) is 9.18 Å². The fraction of sp³-hybridized carbons (Fsp3) is 0.333. The molecule has 2 N–H and O–H groups in total. The maximum atomic E-state index is 13.1. The maximum absolute atomic E-state index is 13.1. The number of hydrogen-bond donors (Lipinski definition) is 2. The van der Waals surface area contributed by atoms with Crippen molar-refractivity contribution in [1.29, 1.82) is 0 Å². The predicted octanol–water partition coefficient (Wildman–Crippen LogP) is 2.69. The van der Waals surface area contributed by atoms with Crippen LogP contribution in [0.15, 0.2) is 12.1 Å². The summed E-state index contributed by atoms with van der Waals surface area (Å²) in [5.41, 5.74) is -1.06. The van der Waals surface area contributed by atoms with E-state index >= 15 is 0 Å². The lowest BCUT2D eigenvalue weighted by molar-refractivity contribution is 0.0635. The highest BCUT2D eigenvalue weighted by molar-refractivity contribution is 5.89. The van der Waals surface area contributed by atoms with E-state index in [9.17, 15) is 19.1 Å². The molecule has 0 aliphatic heterocycles. The van der Waals surface area contributed by atoms with Gasteiger partial charge in [-0.3, -0.25) is 10.1 Å². The number of aldehydes is 1. The Morgan fingerprint density at radius 1 is 1.44 bits per heavy atom. The standard InChI is InChI=1S/C12H14FNO4/c1-12(2,3)18-11(17)14-9-4-7(6-15)8(13)5-10(9)16/h4-6,16H,1-3H3,(H,14,17). The summed E-state index contributed by atoms with van der Waals surface area (Å²) in [5, 5.41) is 11.7. The van der Waals surface area contributed by atoms with Crippen molar-refractivity contribution in [3.8, 4) is 5.75 Å². The summed E-state index contributed by atoms with van der Waals surface area (Å²) < 4.78 is 18.1. The molecule has 98 valence electrons. The van der Waals surface area contributed by atoms with Gasteiger partial charge in [-0.2, -0.15) is 0 Å². The minimum Gasteiger partial charge on any atom is -0.506 e. The second kappa shape index (κ2) is 5.03. The number of hydrogen-bond acceptors (Lipinski definition) is 4. The van der Waals surface area contributed by atoms with Crippen LogP contribution in [0.2, 0.25) is 0 Å². The Labute approximate surface area is 104 Å². The number of rotatable bonds is 2. The first kappa shape index (κ1) is 14.0. The summed E-state index contributed by atoms with van der Waals surface area (Å²) in [6.07, 6.45) is -0.518. The molecular formula is C12H14FNO4. The third-order valence-corrected chi connectivity index (χ3v) is 1.88. The summed E-state index contributed by atoms with van der Waals surface area (Å²) in [4.78, 5) is 22.0. The molecule has 0 radical (unpaired) electrons. The summed E-state index contributed by atoms with van der Waals surface area (Å²) in [7, 11) is 0. The van der Waals surface area contributed by atoms with Crippen LogP contribution in [0.25, 0.3) is 0 Å². The fourth-order valence-corrected chi connectivity index (χ4v) is 1.18. The van der Waals surface area contributed by atoms with Crippen molar-refractivity contribution < 1.29 is 23.8 Å². The van der Waals surface area contributed by atoms with Gasteiger partial charge in [-0.05, 0) is 26.8 Å². The largest absolute Gasteiger partial charge is 0.506 e. The molecule has 0 fully saturated rings. The zero-order chi connectivity index (χ0) is 13.9. The lowest BCUT2D eigenvalue weighted by atomic mass is 10.2. The SMILES string of the molecule is CC(C)(C)OC(=O)Nc1cc(C=O)c(F)cc1O. The second-order valence-corrected chi connectivity index (χ2v) is 4.64. The van der Waals surface area contributed by atoms with Gasteiger partial charge in [-0.1, -0.05) is 0 Å². The first-order valence-electron chi connectivity index (χ1n) is 5.20. The van der Waals surface area contributed by atoms with Crippen molar-refractivity contribution in [2.45, 2.75) is 26.4 Å². The highest BCUT2D eigenvalue weighted by Crippen LogP contribution is 2.26. The van der Waals surface area contributed by atoms with E-state index < -0.39 is 23.3 Å². The molecule has 0 aliphatic rings. The van der Waals surface area contributed by atoms with Gasteiger partial charge >= 0.3 is 6.09 Å². The highest BCUT2D eigenvalue weighted by atomic mass is 19.1. The van der Waals surface area contributed by atoms with Gasteiger partial charge in [0.25, 0.3) is 0 Å². The zero-order valence-corrected chi connectivity index (χ0v) is 10.3. The smallest absolute Gasteiger partial charge is 0.412 e. The molecule has 0 saturated heterocycles. The molecule has 1 aromatic rings. The Balaban J connectivity index is 2.91. The predicted molar refractivity (Wildman–Crippen MR) is 63.3 cm³/mol. The molecule has 0 bridgehead atoms. The third-order valence-electron chi connectivity index (χ3n) is 1.88. The molecule has 1 rings (SSSR count). The van der Waals surface area contributed by atoms with E-state index in [2.05, 4.69) is 5.32 Å². The van der Waals surface area contributed by atoms with E-state index in [0.29, 0.717) is 0 Å². The van der Waals surface area contributed by atoms with Gasteiger partial charge in [0, 0.05) is 6.07 Å². The Kier molecular flexibility index (Phi) is 3.90. The van der Waals surface area contributed by atoms with Gasteiger partial charge in [0.1, 0.15) is 17.2 Å². The molecule has 0 unspecified atom stereocenters. The lowest BCUT2D eigenvalue weighted by Gasteiger charge is -2.20. The zero-order valence-electron chi connectivity index (χ0n) is 10.3. The van der Waals surface area contributed by atoms with Crippen molar-refractivity contribution in [2.24, 2.45) is 0 Å². The Morgan fingerprint density at radius 2 is 2.06 bits per heavy atom. The molecule has 0 atom stereocenters. The normalized spacial score (nSPS) is 10.9. The van der Waals surface area contributed by atoms with Gasteiger partial charge < -0.3 is 9.84 Å². The van der Waals surface area contributed by atoms with E-state index in [1.807, 2.05) is 0 Å². The maximum Gasteiger partial charge on any atom is 0.412 e. The van der Waals surface area contributed by atoms with Crippen LogP contribution >= 0.6 is 0 Å². The summed E-state index contributed by atoms with van der Waals surface area (Å²) in [6, 6.07) is 1.78. The topological polar surface area (TPSA) is 75.6 Å². The number of halogens is 1. The summed E-state index contributed by atoms with van der Waals surface area (Å²) in [6.45, 7) is 5.02. The summed E-state index contributed by atoms with van der Waals surface area (Å²) in [5.74, 6) is -1.35. The number of aromatic hydroxyl groups is 1. The first-order valence-corrected chi connectivity index (χ1v) is 5.20. The van der Waals surface area contributed by atoms with Crippen molar-refractivity contribution in [1.82, 2.24) is 0 Å². The van der Waals surface area contributed by atoms with Gasteiger partial charge in [0.2, 0.25) is 0 Å². The second-order valence-electron chi connectivity index (χ2n) is 4.64. The first-order chi connectivity index (χ1) is 8.23. The molecule has 0 aromatic heterocycles. The van der Waals surface area contributed by atoms with E-state index in [1.165, 1.54) is 0 Å². The molecular weight excluding hydrogens is 241 g/mol. The van der Waals surface area contributed by atoms with Crippen molar-refractivity contribution in [3.05, 3.63) is 23.5 Å². The molecule has 18 heavy (non-hydrogen) atoms. The average molecular weight is 255 g/mol. The van der Waals surface area contributed by atoms with Gasteiger partial charge in [0.15, 0.2) is 6.29 Å². The highest BCUT2D eigenvalue weighted by Gasteiger charge is 2.18. The number of carbonyl (C=O) groups excluding carboxylic acids is 2. The van der Waals surface area contributed by atoms with E-state index in [4.69, 9.17) is 4.74 Å². The van der Waals surface area contributed by atoms with E-state index in [0.717, 1.165) is 12.1 Å². The van der Waals surface area contributed by atoms with Crippen LogP contribution in [0.4, 0.5) is 14.9 Å². The van der Waals surface area contributed by atoms with Crippen LogP contribution in [-0.2, 0) is 4.74 Å². The van der Waals surface area contributed by atoms with Crippen LogP contribution in [0.3, 0.4) is 0 Å². The van der Waals surface area contributed by atoms with Crippen LogP contribution < -0.4 is 5.32 Å².